The molecule has 1 aliphatic heterocycles. The van der Waals surface area contributed by atoms with Crippen LogP contribution in [0.25, 0.3) is 0 Å². The summed E-state index contributed by atoms with van der Waals surface area (Å²) >= 11 is 0. The average Bonchev–Trinajstić information content (AvgIpc) is 2.12. The number of esters is 1. The Labute approximate surface area is 94.8 Å². The molecule has 5 heteroatoms. The maximum absolute atomic E-state index is 11.3. The number of carbonyl (C=O) groups excluding carboxylic acids is 2. The summed E-state index contributed by atoms with van der Waals surface area (Å²) in [6.45, 7) is 7.34. The van der Waals surface area contributed by atoms with E-state index in [1.54, 1.807) is 0 Å². The van der Waals surface area contributed by atoms with Gasteiger partial charge in [-0.3, -0.25) is 4.79 Å². The smallest absolute Gasteiger partial charge is 0.337 e. The van der Waals surface area contributed by atoms with Crippen LogP contribution in [0.5, 0.6) is 0 Å². The first-order valence-corrected chi connectivity index (χ1v) is 5.11. The summed E-state index contributed by atoms with van der Waals surface area (Å²) in [7, 11) is 0. The summed E-state index contributed by atoms with van der Waals surface area (Å²) in [5.74, 6) is -0.186. The zero-order valence-corrected chi connectivity index (χ0v) is 9.99. The van der Waals surface area contributed by atoms with Crippen molar-refractivity contribution in [2.45, 2.75) is 34.0 Å². The van der Waals surface area contributed by atoms with E-state index >= 15 is 0 Å². The van der Waals surface area contributed by atoms with Gasteiger partial charge in [0.05, 0.1) is 12.6 Å². The molecule has 16 heavy (non-hydrogen) atoms. The SMILES string of the molecule is CC(=O)NCC1=CC(=O)OC(C(C)(C)C)O1. The summed E-state index contributed by atoms with van der Waals surface area (Å²) in [5.41, 5.74) is -0.300. The second-order valence-corrected chi connectivity index (χ2v) is 4.77. The Bertz CT molecular complexity index is 327. The molecule has 0 radical (unpaired) electrons. The maximum atomic E-state index is 11.3. The Morgan fingerprint density at radius 3 is 2.56 bits per heavy atom. The van der Waals surface area contributed by atoms with Crippen LogP contribution in [0.4, 0.5) is 0 Å². The van der Waals surface area contributed by atoms with Gasteiger partial charge in [0.1, 0.15) is 5.76 Å². The second kappa shape index (κ2) is 4.55. The summed E-state index contributed by atoms with van der Waals surface area (Å²) in [6, 6.07) is 0. The first-order chi connectivity index (χ1) is 7.29. The molecular weight excluding hydrogens is 210 g/mol. The predicted molar refractivity (Wildman–Crippen MR) is 57.2 cm³/mol. The molecule has 0 saturated heterocycles. The van der Waals surface area contributed by atoms with Gasteiger partial charge in [-0.05, 0) is 0 Å². The van der Waals surface area contributed by atoms with E-state index in [0.29, 0.717) is 5.76 Å². The lowest BCUT2D eigenvalue weighted by atomic mass is 9.95. The third-order valence-corrected chi connectivity index (χ3v) is 1.98. The van der Waals surface area contributed by atoms with Crippen molar-refractivity contribution in [3.8, 4) is 0 Å². The van der Waals surface area contributed by atoms with Crippen molar-refractivity contribution in [1.82, 2.24) is 5.32 Å². The van der Waals surface area contributed by atoms with Crippen molar-refractivity contribution < 1.29 is 19.1 Å². The fraction of sp³-hybridized carbons (Fsp3) is 0.636. The van der Waals surface area contributed by atoms with Crippen LogP contribution in [0, 0.1) is 5.41 Å². The van der Waals surface area contributed by atoms with Gasteiger partial charge in [0.15, 0.2) is 0 Å². The van der Waals surface area contributed by atoms with Crippen molar-refractivity contribution in [2.75, 3.05) is 6.54 Å². The topological polar surface area (TPSA) is 64.6 Å². The minimum absolute atomic E-state index is 0.171. The van der Waals surface area contributed by atoms with Crippen LogP contribution in [0.3, 0.4) is 0 Å². The van der Waals surface area contributed by atoms with E-state index in [4.69, 9.17) is 9.47 Å². The number of carbonyl (C=O) groups is 2. The Morgan fingerprint density at radius 2 is 2.06 bits per heavy atom. The maximum Gasteiger partial charge on any atom is 0.337 e. The van der Waals surface area contributed by atoms with Gasteiger partial charge in [-0.1, -0.05) is 20.8 Å². The molecule has 1 N–H and O–H groups in total. The van der Waals surface area contributed by atoms with Gasteiger partial charge in [0.25, 0.3) is 0 Å². The molecule has 0 bridgehead atoms. The average molecular weight is 227 g/mol. The van der Waals surface area contributed by atoms with Gasteiger partial charge in [-0.15, -0.1) is 0 Å². The zero-order chi connectivity index (χ0) is 12.3. The number of cyclic esters (lactones) is 1. The van der Waals surface area contributed by atoms with Gasteiger partial charge >= 0.3 is 5.97 Å². The highest BCUT2D eigenvalue weighted by Crippen LogP contribution is 2.27. The quantitative estimate of drug-likeness (QED) is 0.713. The van der Waals surface area contributed by atoms with Crippen molar-refractivity contribution in [1.29, 1.82) is 0 Å². The van der Waals surface area contributed by atoms with Crippen LogP contribution in [-0.2, 0) is 19.1 Å². The van der Waals surface area contributed by atoms with Crippen LogP contribution in [0.15, 0.2) is 11.8 Å². The lowest BCUT2D eigenvalue weighted by Crippen LogP contribution is -2.38. The van der Waals surface area contributed by atoms with E-state index in [1.807, 2.05) is 20.8 Å². The molecule has 1 amide bonds. The Morgan fingerprint density at radius 1 is 1.44 bits per heavy atom. The summed E-state index contributed by atoms with van der Waals surface area (Å²) in [4.78, 5) is 22.0. The zero-order valence-electron chi connectivity index (χ0n) is 9.99. The molecule has 0 saturated carbocycles. The fourth-order valence-electron chi connectivity index (χ4n) is 1.12. The van der Waals surface area contributed by atoms with E-state index in [1.165, 1.54) is 13.0 Å². The van der Waals surface area contributed by atoms with Crippen LogP contribution < -0.4 is 5.32 Å². The van der Waals surface area contributed by atoms with Gasteiger partial charge in [-0.2, -0.15) is 0 Å². The van der Waals surface area contributed by atoms with Gasteiger partial charge in [0.2, 0.25) is 12.2 Å². The number of amides is 1. The third-order valence-electron chi connectivity index (χ3n) is 1.98. The van der Waals surface area contributed by atoms with Gasteiger partial charge in [0, 0.05) is 12.3 Å². The van der Waals surface area contributed by atoms with E-state index in [-0.39, 0.29) is 17.9 Å². The molecule has 1 rings (SSSR count). The molecule has 1 heterocycles. The third kappa shape index (κ3) is 3.56. The largest absolute Gasteiger partial charge is 0.456 e. The lowest BCUT2D eigenvalue weighted by Gasteiger charge is -2.33. The Hall–Kier alpha value is -1.52. The van der Waals surface area contributed by atoms with Crippen molar-refractivity contribution in [2.24, 2.45) is 5.41 Å². The second-order valence-electron chi connectivity index (χ2n) is 4.77. The van der Waals surface area contributed by atoms with Crippen LogP contribution in [0.1, 0.15) is 27.7 Å². The van der Waals surface area contributed by atoms with E-state index in [2.05, 4.69) is 5.32 Å². The van der Waals surface area contributed by atoms with Crippen LogP contribution in [-0.4, -0.2) is 24.7 Å². The molecule has 0 spiro atoms. The van der Waals surface area contributed by atoms with E-state index in [0.717, 1.165) is 0 Å². The molecule has 1 atom stereocenters. The first kappa shape index (κ1) is 12.5. The van der Waals surface area contributed by atoms with Crippen LogP contribution in [0.2, 0.25) is 0 Å². The molecule has 1 unspecified atom stereocenters. The molecule has 5 nitrogen and oxygen atoms in total. The van der Waals surface area contributed by atoms with Crippen molar-refractivity contribution >= 4 is 11.9 Å². The molecule has 0 aliphatic carbocycles. The Kier molecular flexibility index (Phi) is 3.57. The first-order valence-electron chi connectivity index (χ1n) is 5.11. The highest BCUT2D eigenvalue weighted by molar-refractivity contribution is 5.83. The number of nitrogens with one attached hydrogen (secondary N) is 1. The van der Waals surface area contributed by atoms with E-state index in [9.17, 15) is 9.59 Å². The molecule has 1 aliphatic rings. The summed E-state index contributed by atoms with van der Waals surface area (Å²) < 4.78 is 10.5. The molecular formula is C11H17NO4. The normalized spacial score (nSPS) is 20.6. The highest BCUT2D eigenvalue weighted by atomic mass is 16.7. The highest BCUT2D eigenvalue weighted by Gasteiger charge is 2.33. The number of rotatable bonds is 2. The molecule has 0 aromatic carbocycles. The van der Waals surface area contributed by atoms with Gasteiger partial charge < -0.3 is 14.8 Å². The lowest BCUT2D eigenvalue weighted by molar-refractivity contribution is -0.195. The van der Waals surface area contributed by atoms with Gasteiger partial charge in [-0.25, -0.2) is 4.79 Å². The van der Waals surface area contributed by atoms with Crippen molar-refractivity contribution in [3.63, 3.8) is 0 Å². The Balaban J connectivity index is 2.65. The number of ether oxygens (including phenoxy) is 2. The van der Waals surface area contributed by atoms with Crippen LogP contribution >= 0.6 is 0 Å². The molecule has 90 valence electrons. The molecule has 0 fully saturated rings. The number of hydrogen-bond acceptors (Lipinski definition) is 4. The molecule has 0 aromatic heterocycles. The minimum Gasteiger partial charge on any atom is -0.456 e. The number of hydrogen-bond donors (Lipinski definition) is 1. The monoisotopic (exact) mass is 227 g/mol. The summed E-state index contributed by atoms with van der Waals surface area (Å²) in [5, 5.41) is 2.57. The fourth-order valence-corrected chi connectivity index (χ4v) is 1.12. The predicted octanol–water partition coefficient (Wildman–Crippen LogP) is 0.952. The minimum atomic E-state index is -0.617. The molecule has 0 aromatic rings. The summed E-state index contributed by atoms with van der Waals surface area (Å²) in [6.07, 6.45) is 0.631. The van der Waals surface area contributed by atoms with Crippen molar-refractivity contribution in [3.05, 3.63) is 11.8 Å². The standard InChI is InChI=1S/C11H17NO4/c1-7(13)12-6-8-5-9(14)16-10(15-8)11(2,3)4/h5,10H,6H2,1-4H3,(H,12,13). The van der Waals surface area contributed by atoms with E-state index < -0.39 is 12.3 Å².